The van der Waals surface area contributed by atoms with Gasteiger partial charge in [0.25, 0.3) is 0 Å². The van der Waals surface area contributed by atoms with Crippen molar-refractivity contribution in [3.05, 3.63) is 12.1 Å². The van der Waals surface area contributed by atoms with Gasteiger partial charge in [-0.2, -0.15) is 0 Å². The summed E-state index contributed by atoms with van der Waals surface area (Å²) >= 11 is 0. The number of hydrogen-bond donors (Lipinski definition) is 4. The molecule has 1 fully saturated rings. The van der Waals surface area contributed by atoms with Crippen molar-refractivity contribution >= 4 is 6.09 Å². The molecule has 8 heteroatoms. The van der Waals surface area contributed by atoms with Gasteiger partial charge in [0.05, 0.1) is 6.61 Å². The van der Waals surface area contributed by atoms with Crippen molar-refractivity contribution in [2.75, 3.05) is 26.2 Å². The van der Waals surface area contributed by atoms with Gasteiger partial charge in [-0.15, -0.1) is 4.73 Å². The molecular weight excluding hydrogens is 278 g/mol. The molecule has 1 amide bonds. The number of hydrogen-bond acceptors (Lipinski definition) is 6. The van der Waals surface area contributed by atoms with E-state index < -0.39 is 6.09 Å². The number of nitrogens with zero attached hydrogens (tertiary/aromatic N) is 2. The van der Waals surface area contributed by atoms with Gasteiger partial charge < -0.3 is 30.4 Å². The van der Waals surface area contributed by atoms with Crippen LogP contribution in [-0.2, 0) is 0 Å². The Kier molecular flexibility index (Phi) is 5.29. The summed E-state index contributed by atoms with van der Waals surface area (Å²) in [6.45, 7) is 2.47. The van der Waals surface area contributed by atoms with E-state index >= 15 is 0 Å². The second kappa shape index (κ2) is 7.19. The molecule has 1 aliphatic heterocycles. The van der Waals surface area contributed by atoms with E-state index in [1.807, 2.05) is 0 Å². The van der Waals surface area contributed by atoms with Crippen molar-refractivity contribution < 1.29 is 25.0 Å². The van der Waals surface area contributed by atoms with Crippen molar-refractivity contribution in [3.63, 3.8) is 0 Å². The fraction of sp³-hybridized carbons (Fsp3) is 0.615. The molecule has 0 aliphatic carbocycles. The smallest absolute Gasteiger partial charge is 0.432 e. The molecule has 1 aromatic heterocycles. The van der Waals surface area contributed by atoms with E-state index in [0.717, 1.165) is 32.4 Å². The standard InChI is InChI=1S/C13H21N3O5/c17-9-8-15-6-1-2-10(5-7-15)14-13(20)21-16-11(18)3-4-12(16)19/h3-4,10,17-19H,1-2,5-9H2,(H,14,20)/t10-/m0/s1. The average molecular weight is 299 g/mol. The molecule has 4 N–H and O–H groups in total. The van der Waals surface area contributed by atoms with Crippen LogP contribution in [0.3, 0.4) is 0 Å². The first-order valence-corrected chi connectivity index (χ1v) is 7.02. The summed E-state index contributed by atoms with van der Waals surface area (Å²) in [5.74, 6) is -0.699. The number of aliphatic hydroxyl groups excluding tert-OH is 1. The van der Waals surface area contributed by atoms with Gasteiger partial charge in [0.15, 0.2) is 0 Å². The molecule has 0 spiro atoms. The van der Waals surface area contributed by atoms with Crippen LogP contribution >= 0.6 is 0 Å². The number of nitrogens with one attached hydrogen (secondary N) is 1. The largest absolute Gasteiger partial charge is 0.492 e. The Bertz CT molecular complexity index is 457. The maximum atomic E-state index is 11.8. The summed E-state index contributed by atoms with van der Waals surface area (Å²) < 4.78 is 0.657. The second-order valence-electron chi connectivity index (χ2n) is 5.06. The van der Waals surface area contributed by atoms with Crippen LogP contribution in [0.25, 0.3) is 0 Å². The first kappa shape index (κ1) is 15.5. The van der Waals surface area contributed by atoms with Crippen LogP contribution in [0.1, 0.15) is 19.3 Å². The average Bonchev–Trinajstić information content (AvgIpc) is 2.66. The van der Waals surface area contributed by atoms with Crippen LogP contribution in [-0.4, -0.2) is 63.3 Å². The molecule has 118 valence electrons. The molecule has 0 aromatic carbocycles. The maximum absolute atomic E-state index is 11.8. The second-order valence-corrected chi connectivity index (χ2v) is 5.06. The van der Waals surface area contributed by atoms with E-state index in [2.05, 4.69) is 10.2 Å². The topological polar surface area (TPSA) is 107 Å². The van der Waals surface area contributed by atoms with Crippen molar-refractivity contribution in [2.24, 2.45) is 0 Å². The maximum Gasteiger partial charge on any atom is 0.432 e. The van der Waals surface area contributed by atoms with E-state index in [0.29, 0.717) is 11.3 Å². The van der Waals surface area contributed by atoms with Gasteiger partial charge in [0.2, 0.25) is 11.8 Å². The number of β-amino-alcohol motifs (C(OH)–C–C–N with tert-alkyl or cyclic N) is 1. The first-order valence-electron chi connectivity index (χ1n) is 7.02. The Balaban J connectivity index is 1.83. The number of rotatable bonds is 4. The van der Waals surface area contributed by atoms with Crippen LogP contribution in [0.5, 0.6) is 11.8 Å². The highest BCUT2D eigenvalue weighted by Gasteiger charge is 2.20. The third-order valence-electron chi connectivity index (χ3n) is 3.53. The fourth-order valence-corrected chi connectivity index (χ4v) is 2.44. The summed E-state index contributed by atoms with van der Waals surface area (Å²) in [6, 6.07) is 2.42. The molecule has 0 radical (unpaired) electrons. The monoisotopic (exact) mass is 299 g/mol. The molecule has 0 bridgehead atoms. The van der Waals surface area contributed by atoms with Crippen LogP contribution < -0.4 is 10.2 Å². The lowest BCUT2D eigenvalue weighted by Gasteiger charge is -2.19. The molecule has 1 saturated heterocycles. The molecule has 8 nitrogen and oxygen atoms in total. The summed E-state index contributed by atoms with van der Waals surface area (Å²) in [5, 5.41) is 30.4. The van der Waals surface area contributed by atoms with E-state index in [-0.39, 0.29) is 24.4 Å². The van der Waals surface area contributed by atoms with Crippen LogP contribution in [0.4, 0.5) is 4.79 Å². The minimum Gasteiger partial charge on any atom is -0.492 e. The van der Waals surface area contributed by atoms with Gasteiger partial charge in [-0.3, -0.25) is 0 Å². The number of carbonyl (C=O) groups excluding carboxylic acids is 1. The number of amides is 1. The van der Waals surface area contributed by atoms with Gasteiger partial charge >= 0.3 is 6.09 Å². The Morgan fingerprint density at radius 3 is 2.67 bits per heavy atom. The van der Waals surface area contributed by atoms with E-state index in [4.69, 9.17) is 9.94 Å². The molecule has 1 atom stereocenters. The van der Waals surface area contributed by atoms with Crippen LogP contribution in [0.15, 0.2) is 12.1 Å². The first-order chi connectivity index (χ1) is 10.1. The molecule has 21 heavy (non-hydrogen) atoms. The fourth-order valence-electron chi connectivity index (χ4n) is 2.44. The summed E-state index contributed by atoms with van der Waals surface area (Å²) in [5.41, 5.74) is 0. The molecule has 1 aliphatic rings. The molecule has 1 aromatic rings. The van der Waals surface area contributed by atoms with Crippen LogP contribution in [0, 0.1) is 0 Å². The number of likely N-dealkylation sites (tertiary alicyclic amines) is 1. The Morgan fingerprint density at radius 2 is 2.00 bits per heavy atom. The predicted molar refractivity (Wildman–Crippen MR) is 74.0 cm³/mol. The number of aromatic hydroxyl groups is 2. The zero-order chi connectivity index (χ0) is 15.2. The number of carbonyl (C=O) groups is 1. The van der Waals surface area contributed by atoms with E-state index in [1.165, 1.54) is 12.1 Å². The van der Waals surface area contributed by atoms with E-state index in [1.54, 1.807) is 0 Å². The molecule has 0 saturated carbocycles. The van der Waals surface area contributed by atoms with Crippen molar-refractivity contribution in [2.45, 2.75) is 25.3 Å². The summed E-state index contributed by atoms with van der Waals surface area (Å²) in [6.07, 6.45) is 1.78. The van der Waals surface area contributed by atoms with Gasteiger partial charge in [0, 0.05) is 31.3 Å². The molecule has 0 unspecified atom stereocenters. The number of aliphatic hydroxyl groups is 1. The molecular formula is C13H21N3O5. The SMILES string of the molecule is O=C(N[C@H]1CCCN(CCO)CC1)On1c(O)ccc1O. The minimum absolute atomic E-state index is 0.0268. The zero-order valence-electron chi connectivity index (χ0n) is 11.7. The number of aromatic nitrogens is 1. The van der Waals surface area contributed by atoms with Crippen molar-refractivity contribution in [3.8, 4) is 11.8 Å². The third kappa shape index (κ3) is 4.27. The summed E-state index contributed by atoms with van der Waals surface area (Å²) in [7, 11) is 0. The minimum atomic E-state index is -0.725. The normalized spacial score (nSPS) is 20.0. The lowest BCUT2D eigenvalue weighted by molar-refractivity contribution is 0.104. The quantitative estimate of drug-likeness (QED) is 0.618. The highest BCUT2D eigenvalue weighted by Crippen LogP contribution is 2.18. The lowest BCUT2D eigenvalue weighted by atomic mass is 10.1. The van der Waals surface area contributed by atoms with E-state index in [9.17, 15) is 15.0 Å². The van der Waals surface area contributed by atoms with Gasteiger partial charge in [-0.05, 0) is 25.8 Å². The lowest BCUT2D eigenvalue weighted by Crippen LogP contribution is -2.40. The van der Waals surface area contributed by atoms with Crippen molar-refractivity contribution in [1.29, 1.82) is 0 Å². The third-order valence-corrected chi connectivity index (χ3v) is 3.53. The van der Waals surface area contributed by atoms with Crippen molar-refractivity contribution in [1.82, 2.24) is 14.9 Å². The van der Waals surface area contributed by atoms with Gasteiger partial charge in [-0.1, -0.05) is 0 Å². The Morgan fingerprint density at radius 1 is 1.29 bits per heavy atom. The molecule has 2 rings (SSSR count). The summed E-state index contributed by atoms with van der Waals surface area (Å²) in [4.78, 5) is 18.8. The Hall–Kier alpha value is -1.93. The molecule has 2 heterocycles. The Labute approximate surface area is 122 Å². The van der Waals surface area contributed by atoms with Gasteiger partial charge in [0.1, 0.15) is 0 Å². The predicted octanol–water partition coefficient (Wildman–Crippen LogP) is -0.116. The highest BCUT2D eigenvalue weighted by molar-refractivity contribution is 5.68. The van der Waals surface area contributed by atoms with Gasteiger partial charge in [-0.25, -0.2) is 4.79 Å². The van der Waals surface area contributed by atoms with Crippen LogP contribution in [0.2, 0.25) is 0 Å². The highest BCUT2D eigenvalue weighted by atomic mass is 16.7. The zero-order valence-corrected chi connectivity index (χ0v) is 11.7.